The van der Waals surface area contributed by atoms with Crippen LogP contribution in [-0.2, 0) is 14.2 Å². The molecule has 8 nitrogen and oxygen atoms in total. The first-order chi connectivity index (χ1) is 22.0. The van der Waals surface area contributed by atoms with Crippen molar-refractivity contribution in [2.75, 3.05) is 26.7 Å². The van der Waals surface area contributed by atoms with Gasteiger partial charge in [0.25, 0.3) is 0 Å². The van der Waals surface area contributed by atoms with E-state index >= 15 is 0 Å². The summed E-state index contributed by atoms with van der Waals surface area (Å²) >= 11 is 0. The first kappa shape index (κ1) is 33.7. The van der Waals surface area contributed by atoms with E-state index < -0.39 is 24.9 Å². The number of amides is 2. The third-order valence-electron chi connectivity index (χ3n) is 15.0. The quantitative estimate of drug-likeness (QED) is 0.312. The van der Waals surface area contributed by atoms with Gasteiger partial charge in [0.2, 0.25) is 0 Å². The molecular weight excluding hydrogens is 611 g/mol. The van der Waals surface area contributed by atoms with Gasteiger partial charge in [-0.1, -0.05) is 34.6 Å². The Labute approximate surface area is 279 Å². The summed E-state index contributed by atoms with van der Waals surface area (Å²) in [6, 6.07) is -0.296. The number of fused-ring (bicyclic) bond motifs is 4. The van der Waals surface area contributed by atoms with Crippen molar-refractivity contribution in [2.45, 2.75) is 135 Å². The minimum absolute atomic E-state index is 0. The Bertz CT molecular complexity index is 1250. The largest absolute Gasteiger partial charge is 0.446 e. The number of nitrogens with one attached hydrogen (secondary N) is 2. The predicted octanol–water partition coefficient (Wildman–Crippen LogP) is 7.16. The van der Waals surface area contributed by atoms with Crippen molar-refractivity contribution in [2.24, 2.45) is 51.2 Å². The number of carbonyl (C=O) groups is 2. The van der Waals surface area contributed by atoms with Gasteiger partial charge in [0.1, 0.15) is 12.2 Å². The van der Waals surface area contributed by atoms with Crippen molar-refractivity contribution < 1.29 is 38.4 Å². The first-order valence-corrected chi connectivity index (χ1v) is 18.3. The molecule has 0 aromatic carbocycles. The van der Waals surface area contributed by atoms with Gasteiger partial charge in [-0.15, -0.1) is 0 Å². The first-order valence-electron chi connectivity index (χ1n) is 18.3. The van der Waals surface area contributed by atoms with Gasteiger partial charge in [-0.05, 0) is 110 Å². The Balaban J connectivity index is 0.00000401. The Hall–Kier alpha value is -1.75. The topological polar surface area (TPSA) is 89.1 Å². The van der Waals surface area contributed by atoms with Gasteiger partial charge in [0, 0.05) is 27.0 Å². The van der Waals surface area contributed by atoms with E-state index in [0.29, 0.717) is 34.5 Å². The van der Waals surface area contributed by atoms with Crippen LogP contribution in [0.5, 0.6) is 0 Å². The molecule has 11 heteroatoms. The van der Waals surface area contributed by atoms with Gasteiger partial charge >= 0.3 is 18.4 Å². The van der Waals surface area contributed by atoms with Gasteiger partial charge in [-0.3, -0.25) is 4.90 Å². The van der Waals surface area contributed by atoms with Gasteiger partial charge in [0.15, 0.2) is 0 Å². The fourth-order valence-corrected chi connectivity index (χ4v) is 12.9. The van der Waals surface area contributed by atoms with Crippen LogP contribution in [0.2, 0.25) is 0 Å². The number of ether oxygens (including phenoxy) is 3. The second kappa shape index (κ2) is 11.4. The van der Waals surface area contributed by atoms with Crippen LogP contribution in [0.1, 0.15) is 100 Å². The number of rotatable bonds is 6. The number of alkyl halides is 3. The molecule has 0 aromatic rings. The second-order valence-corrected chi connectivity index (χ2v) is 17.7. The van der Waals surface area contributed by atoms with E-state index in [4.69, 9.17) is 14.2 Å². The van der Waals surface area contributed by atoms with E-state index in [9.17, 15) is 22.8 Å². The molecule has 11 atom stereocenters. The number of alkyl carbamates (subject to hydrolysis) is 2. The van der Waals surface area contributed by atoms with Crippen molar-refractivity contribution in [1.29, 1.82) is 0 Å². The lowest BCUT2D eigenvalue weighted by Gasteiger charge is -2.59. The minimum Gasteiger partial charge on any atom is -0.446 e. The molecule has 2 saturated heterocycles. The van der Waals surface area contributed by atoms with Crippen molar-refractivity contribution in [3.05, 3.63) is 0 Å². The standard InChI is InChI=1S/C36H56F3N3O5.H2/c1-20(2)29(47-30(43)40-6)25-9-7-23-26(45-25)15-24-22-8-10-27-32(3,4)28(11-12-35(27)18-34(22,35)14-13-33(23,24)5)46-31(44)41-21-16-42(17-21)19-36(37,38)39;/h20-29H,7-19H2,1-6H3,(H,40,43)(H,41,44);1H. The fourth-order valence-electron chi connectivity index (χ4n) is 12.9. The summed E-state index contributed by atoms with van der Waals surface area (Å²) in [6.07, 6.45) is 5.87. The van der Waals surface area contributed by atoms with Gasteiger partial charge in [-0.2, -0.15) is 13.2 Å². The van der Waals surface area contributed by atoms with E-state index in [1.54, 1.807) is 7.05 Å². The molecule has 11 unspecified atom stereocenters. The summed E-state index contributed by atoms with van der Waals surface area (Å²) < 4.78 is 56.8. The van der Waals surface area contributed by atoms with Crippen LogP contribution >= 0.6 is 0 Å². The van der Waals surface area contributed by atoms with Gasteiger partial charge in [-0.25, -0.2) is 9.59 Å². The molecule has 7 rings (SSSR count). The maximum absolute atomic E-state index is 12.9. The average molecular weight is 670 g/mol. The third-order valence-corrected chi connectivity index (χ3v) is 15.0. The summed E-state index contributed by atoms with van der Waals surface area (Å²) in [6.45, 7) is 10.8. The number of nitrogens with zero attached hydrogens (tertiary/aromatic N) is 1. The van der Waals surface area contributed by atoms with Gasteiger partial charge < -0.3 is 24.8 Å². The molecule has 2 aliphatic heterocycles. The summed E-state index contributed by atoms with van der Waals surface area (Å²) in [5, 5.41) is 5.43. The van der Waals surface area contributed by atoms with Gasteiger partial charge in [0.05, 0.1) is 24.8 Å². The molecule has 5 saturated carbocycles. The highest BCUT2D eigenvalue weighted by atomic mass is 19.4. The lowest BCUT2D eigenvalue weighted by molar-refractivity contribution is -0.156. The molecule has 7 fully saturated rings. The maximum atomic E-state index is 12.9. The van der Waals surface area contributed by atoms with E-state index in [2.05, 4.69) is 45.3 Å². The molecular formula is C36H58F3N3O5. The Kier molecular flexibility index (Phi) is 8.17. The summed E-state index contributed by atoms with van der Waals surface area (Å²) in [5.41, 5.74) is 0.796. The smallest absolute Gasteiger partial charge is 0.407 e. The van der Waals surface area contributed by atoms with E-state index in [1.165, 1.54) is 30.6 Å². The second-order valence-electron chi connectivity index (χ2n) is 17.7. The van der Waals surface area contributed by atoms with Crippen LogP contribution < -0.4 is 10.6 Å². The van der Waals surface area contributed by atoms with Crippen LogP contribution in [0, 0.1) is 51.2 Å². The normalized spacial score (nSPS) is 44.4. The van der Waals surface area contributed by atoms with Crippen LogP contribution in [0.4, 0.5) is 22.8 Å². The summed E-state index contributed by atoms with van der Waals surface area (Å²) in [4.78, 5) is 26.4. The van der Waals surface area contributed by atoms with Crippen LogP contribution in [0.3, 0.4) is 0 Å². The van der Waals surface area contributed by atoms with Crippen molar-refractivity contribution in [1.82, 2.24) is 15.5 Å². The van der Waals surface area contributed by atoms with E-state index in [1.807, 2.05) is 0 Å². The number of hydrogen-bond donors (Lipinski definition) is 2. The monoisotopic (exact) mass is 669 g/mol. The SMILES string of the molecule is CNC(=O)OC(C(C)C)C1CCC2C(CC3C4CCC5C(C)(C)C(OC(=O)NC6CN(CC(F)(F)F)C6)CCC56CC46CCC23C)O1.[HH]. The zero-order chi connectivity index (χ0) is 33.7. The minimum atomic E-state index is -4.22. The molecule has 2 heterocycles. The zero-order valence-corrected chi connectivity index (χ0v) is 29.1. The molecule has 0 radical (unpaired) electrons. The highest BCUT2D eigenvalue weighted by molar-refractivity contribution is 5.68. The van der Waals surface area contributed by atoms with Crippen LogP contribution in [0.15, 0.2) is 0 Å². The van der Waals surface area contributed by atoms with E-state index in [0.717, 1.165) is 38.5 Å². The molecule has 2 spiro atoms. The lowest BCUT2D eigenvalue weighted by atomic mass is 9.46. The Morgan fingerprint density at radius 1 is 0.957 bits per heavy atom. The summed E-state index contributed by atoms with van der Waals surface area (Å²) in [7, 11) is 1.60. The highest BCUT2D eigenvalue weighted by Gasteiger charge is 2.81. The zero-order valence-electron chi connectivity index (χ0n) is 29.1. The Morgan fingerprint density at radius 2 is 1.68 bits per heavy atom. The van der Waals surface area contributed by atoms with Crippen molar-refractivity contribution >= 4 is 12.2 Å². The van der Waals surface area contributed by atoms with Crippen molar-refractivity contribution in [3.63, 3.8) is 0 Å². The maximum Gasteiger partial charge on any atom is 0.407 e. The summed E-state index contributed by atoms with van der Waals surface area (Å²) in [5.74, 6) is 2.56. The number of carbonyl (C=O) groups excluding carboxylic acids is 2. The average Bonchev–Trinajstić information content (AvgIpc) is 3.55. The molecule has 0 bridgehead atoms. The third kappa shape index (κ3) is 5.37. The molecule has 47 heavy (non-hydrogen) atoms. The predicted molar refractivity (Wildman–Crippen MR) is 172 cm³/mol. The van der Waals surface area contributed by atoms with E-state index in [-0.39, 0.29) is 61.7 Å². The fraction of sp³-hybridized carbons (Fsp3) is 0.944. The highest BCUT2D eigenvalue weighted by Crippen LogP contribution is 2.87. The molecule has 268 valence electrons. The number of halogens is 3. The molecule has 0 aromatic heterocycles. The van der Waals surface area contributed by atoms with Crippen LogP contribution in [0.25, 0.3) is 0 Å². The lowest BCUT2D eigenvalue weighted by Crippen LogP contribution is -2.61. The molecule has 2 N–H and O–H groups in total. The molecule has 2 amide bonds. The molecule has 5 aliphatic carbocycles. The molecule has 7 aliphatic rings. The Morgan fingerprint density at radius 3 is 2.36 bits per heavy atom. The number of likely N-dealkylation sites (tertiary alicyclic amines) is 1. The van der Waals surface area contributed by atoms with Crippen molar-refractivity contribution in [3.8, 4) is 0 Å². The van der Waals surface area contributed by atoms with Crippen LogP contribution in [-0.4, -0.2) is 80.4 Å². The number of hydrogen-bond acceptors (Lipinski definition) is 6.